The van der Waals surface area contributed by atoms with Crippen molar-refractivity contribution < 1.29 is 9.13 Å². The summed E-state index contributed by atoms with van der Waals surface area (Å²) in [6.45, 7) is 1.31. The van der Waals surface area contributed by atoms with Gasteiger partial charge in [0, 0.05) is 6.04 Å². The van der Waals surface area contributed by atoms with Gasteiger partial charge in [-0.05, 0) is 40.8 Å². The summed E-state index contributed by atoms with van der Waals surface area (Å²) in [5.74, 6) is 5.27. The zero-order chi connectivity index (χ0) is 14.8. The fourth-order valence-electron chi connectivity index (χ4n) is 2.58. The van der Waals surface area contributed by atoms with Crippen molar-refractivity contribution in [3.8, 4) is 0 Å². The molecule has 21 heavy (non-hydrogen) atoms. The van der Waals surface area contributed by atoms with E-state index in [4.69, 9.17) is 22.2 Å². The number of benzene rings is 2. The Bertz CT molecular complexity index is 663. The number of ether oxygens (including phenoxy) is 1. The summed E-state index contributed by atoms with van der Waals surface area (Å²) in [4.78, 5) is 0. The minimum atomic E-state index is -0.410. The van der Waals surface area contributed by atoms with Crippen LogP contribution >= 0.6 is 11.6 Å². The minimum absolute atomic E-state index is 0.0579. The van der Waals surface area contributed by atoms with Crippen LogP contribution < -0.4 is 11.3 Å². The maximum atomic E-state index is 13.2. The summed E-state index contributed by atoms with van der Waals surface area (Å²) >= 11 is 5.82. The first-order valence-corrected chi connectivity index (χ1v) is 7.14. The van der Waals surface area contributed by atoms with E-state index in [9.17, 15) is 4.39 Å². The monoisotopic (exact) mass is 306 g/mol. The van der Waals surface area contributed by atoms with E-state index in [1.54, 1.807) is 12.1 Å². The highest BCUT2D eigenvalue weighted by Crippen LogP contribution is 2.26. The van der Waals surface area contributed by atoms with Crippen LogP contribution in [0.25, 0.3) is 0 Å². The number of hydrogen-bond acceptors (Lipinski definition) is 3. The van der Waals surface area contributed by atoms with Gasteiger partial charge in [-0.1, -0.05) is 35.9 Å². The Balaban J connectivity index is 1.83. The van der Waals surface area contributed by atoms with Crippen molar-refractivity contribution in [3.63, 3.8) is 0 Å². The standard InChI is InChI=1S/C16H16ClFN2O/c17-14-5-10(1-4-15(14)18)6-16(20-19)11-2-3-12-8-21-9-13(12)7-11/h1-5,7,16,20H,6,8-9,19H2. The van der Waals surface area contributed by atoms with Crippen molar-refractivity contribution in [3.05, 3.63) is 69.5 Å². The van der Waals surface area contributed by atoms with Gasteiger partial charge in [0.1, 0.15) is 5.82 Å². The zero-order valence-electron chi connectivity index (χ0n) is 11.4. The maximum absolute atomic E-state index is 13.2. The number of halogens is 2. The molecular formula is C16H16ClFN2O. The van der Waals surface area contributed by atoms with Crippen LogP contribution in [-0.2, 0) is 24.4 Å². The third kappa shape index (κ3) is 3.09. The largest absolute Gasteiger partial charge is 0.372 e. The van der Waals surface area contributed by atoms with E-state index in [0.717, 1.165) is 11.1 Å². The van der Waals surface area contributed by atoms with Crippen LogP contribution in [0.1, 0.15) is 28.3 Å². The highest BCUT2D eigenvalue weighted by atomic mass is 35.5. The SMILES string of the molecule is NNC(Cc1ccc(F)c(Cl)c1)c1ccc2c(c1)COC2. The molecule has 1 atom stereocenters. The Morgan fingerprint density at radius 3 is 2.76 bits per heavy atom. The predicted octanol–water partition coefficient (Wildman–Crippen LogP) is 3.26. The molecule has 0 radical (unpaired) electrons. The number of nitrogens with two attached hydrogens (primary N) is 1. The second-order valence-electron chi connectivity index (χ2n) is 5.19. The molecule has 0 saturated carbocycles. The number of nitrogens with one attached hydrogen (secondary N) is 1. The normalized spacial score (nSPS) is 15.0. The van der Waals surface area contributed by atoms with Crippen molar-refractivity contribution in [2.45, 2.75) is 25.7 Å². The average Bonchev–Trinajstić information content (AvgIpc) is 2.95. The number of hydrazine groups is 1. The Hall–Kier alpha value is -1.46. The molecule has 0 aromatic heterocycles. The smallest absolute Gasteiger partial charge is 0.141 e. The third-order valence-electron chi connectivity index (χ3n) is 3.77. The van der Waals surface area contributed by atoms with Crippen molar-refractivity contribution >= 4 is 11.6 Å². The fraction of sp³-hybridized carbons (Fsp3) is 0.250. The molecule has 1 aliphatic heterocycles. The minimum Gasteiger partial charge on any atom is -0.372 e. The van der Waals surface area contributed by atoms with Crippen LogP contribution in [0.15, 0.2) is 36.4 Å². The van der Waals surface area contributed by atoms with Gasteiger partial charge in [-0.15, -0.1) is 0 Å². The molecule has 1 heterocycles. The van der Waals surface area contributed by atoms with Crippen molar-refractivity contribution in [1.29, 1.82) is 0 Å². The van der Waals surface area contributed by atoms with Crippen molar-refractivity contribution in [2.75, 3.05) is 0 Å². The summed E-state index contributed by atoms with van der Waals surface area (Å²) in [6, 6.07) is 10.9. The molecule has 3 N–H and O–H groups in total. The Labute approximate surface area is 127 Å². The summed E-state index contributed by atoms with van der Waals surface area (Å²) in [5, 5.41) is 0.130. The van der Waals surface area contributed by atoms with Gasteiger partial charge >= 0.3 is 0 Å². The molecule has 3 nitrogen and oxygen atoms in total. The van der Waals surface area contributed by atoms with Crippen LogP contribution in [0.3, 0.4) is 0 Å². The van der Waals surface area contributed by atoms with Crippen LogP contribution in [0.4, 0.5) is 4.39 Å². The number of hydrogen-bond donors (Lipinski definition) is 2. The Morgan fingerprint density at radius 2 is 2.00 bits per heavy atom. The molecule has 3 rings (SSSR count). The van der Waals surface area contributed by atoms with Crippen LogP contribution in [0, 0.1) is 5.82 Å². The van der Waals surface area contributed by atoms with Gasteiger partial charge in [0.2, 0.25) is 0 Å². The molecule has 0 aliphatic carbocycles. The highest BCUT2D eigenvalue weighted by molar-refractivity contribution is 6.30. The molecule has 0 fully saturated rings. The second-order valence-corrected chi connectivity index (χ2v) is 5.60. The third-order valence-corrected chi connectivity index (χ3v) is 4.06. The van der Waals surface area contributed by atoms with Gasteiger partial charge < -0.3 is 4.74 Å². The second kappa shape index (κ2) is 6.12. The molecule has 1 aliphatic rings. The first kappa shape index (κ1) is 14.5. The average molecular weight is 307 g/mol. The van der Waals surface area contributed by atoms with Gasteiger partial charge in [0.25, 0.3) is 0 Å². The summed E-state index contributed by atoms with van der Waals surface area (Å²) in [7, 11) is 0. The maximum Gasteiger partial charge on any atom is 0.141 e. The number of rotatable bonds is 4. The van der Waals surface area contributed by atoms with E-state index in [0.29, 0.717) is 19.6 Å². The Morgan fingerprint density at radius 1 is 1.19 bits per heavy atom. The van der Waals surface area contributed by atoms with Gasteiger partial charge in [-0.3, -0.25) is 11.3 Å². The molecule has 2 aromatic carbocycles. The molecule has 0 spiro atoms. The molecule has 2 aromatic rings. The van der Waals surface area contributed by atoms with Gasteiger partial charge in [-0.2, -0.15) is 0 Å². The van der Waals surface area contributed by atoms with E-state index < -0.39 is 5.82 Å². The van der Waals surface area contributed by atoms with Crippen LogP contribution in [0.2, 0.25) is 5.02 Å². The van der Waals surface area contributed by atoms with Gasteiger partial charge in [0.15, 0.2) is 0 Å². The quantitative estimate of drug-likeness (QED) is 0.673. The topological polar surface area (TPSA) is 47.3 Å². The summed E-state index contributed by atoms with van der Waals surface area (Å²) in [6.07, 6.45) is 0.635. The van der Waals surface area contributed by atoms with E-state index in [2.05, 4.69) is 17.6 Å². The van der Waals surface area contributed by atoms with Gasteiger partial charge in [0.05, 0.1) is 18.2 Å². The molecule has 0 saturated heterocycles. The van der Waals surface area contributed by atoms with Crippen molar-refractivity contribution in [1.82, 2.24) is 5.43 Å². The molecule has 0 amide bonds. The molecule has 0 bridgehead atoms. The highest BCUT2D eigenvalue weighted by Gasteiger charge is 2.16. The van der Waals surface area contributed by atoms with E-state index in [-0.39, 0.29) is 11.1 Å². The van der Waals surface area contributed by atoms with Gasteiger partial charge in [-0.25, -0.2) is 4.39 Å². The summed E-state index contributed by atoms with van der Waals surface area (Å²) in [5.41, 5.74) is 7.25. The fourth-order valence-corrected chi connectivity index (χ4v) is 2.79. The first-order valence-electron chi connectivity index (χ1n) is 6.77. The summed E-state index contributed by atoms with van der Waals surface area (Å²) < 4.78 is 18.6. The molecule has 5 heteroatoms. The van der Waals surface area contributed by atoms with Crippen molar-refractivity contribution in [2.24, 2.45) is 5.84 Å². The predicted molar refractivity (Wildman–Crippen MR) is 80.1 cm³/mol. The van der Waals surface area contributed by atoms with E-state index in [1.807, 2.05) is 6.07 Å². The van der Waals surface area contributed by atoms with Crippen LogP contribution in [-0.4, -0.2) is 0 Å². The first-order chi connectivity index (χ1) is 10.2. The Kier molecular flexibility index (Phi) is 4.22. The molecule has 1 unspecified atom stereocenters. The zero-order valence-corrected chi connectivity index (χ0v) is 12.2. The lowest BCUT2D eigenvalue weighted by Gasteiger charge is -2.17. The lowest BCUT2D eigenvalue weighted by atomic mass is 9.96. The molecule has 110 valence electrons. The molecular weight excluding hydrogens is 291 g/mol. The van der Waals surface area contributed by atoms with E-state index in [1.165, 1.54) is 17.2 Å². The lowest BCUT2D eigenvalue weighted by Crippen LogP contribution is -2.29. The van der Waals surface area contributed by atoms with Crippen LogP contribution in [0.5, 0.6) is 0 Å². The number of fused-ring (bicyclic) bond motifs is 1. The lowest BCUT2D eigenvalue weighted by molar-refractivity contribution is 0.134. The van der Waals surface area contributed by atoms with E-state index >= 15 is 0 Å².